The number of nitrogens with zero attached hydrogens (tertiary/aromatic N) is 1. The van der Waals surface area contributed by atoms with Crippen LogP contribution in [0.2, 0.25) is 0 Å². The maximum absolute atomic E-state index is 11.9. The molecule has 6 nitrogen and oxygen atoms in total. The average molecular weight is 303 g/mol. The van der Waals surface area contributed by atoms with Crippen LogP contribution in [0.5, 0.6) is 5.75 Å². The number of hydrogen-bond donors (Lipinski definition) is 3. The van der Waals surface area contributed by atoms with Crippen LogP contribution in [0.25, 0.3) is 0 Å². The van der Waals surface area contributed by atoms with Crippen LogP contribution in [0.1, 0.15) is 37.7 Å². The number of phenols is 1. The van der Waals surface area contributed by atoms with E-state index < -0.39 is 0 Å². The van der Waals surface area contributed by atoms with Crippen LogP contribution in [0, 0.1) is 5.92 Å². The molecule has 2 rings (SSSR count). The summed E-state index contributed by atoms with van der Waals surface area (Å²) < 4.78 is 0. The normalized spacial score (nSPS) is 15.6. The van der Waals surface area contributed by atoms with Crippen molar-refractivity contribution < 1.29 is 14.7 Å². The minimum absolute atomic E-state index is 0.0392. The zero-order valence-corrected chi connectivity index (χ0v) is 12.4. The van der Waals surface area contributed by atoms with E-state index in [-0.39, 0.29) is 30.0 Å². The fourth-order valence-electron chi connectivity index (χ4n) is 2.50. The molecular formula is C16H21N3O3. The Hall–Kier alpha value is -2.37. The van der Waals surface area contributed by atoms with E-state index in [1.54, 1.807) is 18.2 Å². The minimum atomic E-state index is -0.374. The first-order valence-electron chi connectivity index (χ1n) is 7.54. The molecule has 3 N–H and O–H groups in total. The van der Waals surface area contributed by atoms with Gasteiger partial charge in [-0.15, -0.1) is 0 Å². The van der Waals surface area contributed by atoms with Gasteiger partial charge in [0.1, 0.15) is 5.75 Å². The Labute approximate surface area is 129 Å². The van der Waals surface area contributed by atoms with Crippen LogP contribution in [0.15, 0.2) is 29.4 Å². The number of hydrogen-bond acceptors (Lipinski definition) is 4. The summed E-state index contributed by atoms with van der Waals surface area (Å²) in [5, 5.41) is 15.7. The van der Waals surface area contributed by atoms with E-state index in [0.717, 1.165) is 25.7 Å². The molecule has 0 aliphatic heterocycles. The third-order valence-electron chi connectivity index (χ3n) is 3.67. The molecule has 0 spiro atoms. The predicted molar refractivity (Wildman–Crippen MR) is 83.4 cm³/mol. The number of carbonyl (C=O) groups is 2. The summed E-state index contributed by atoms with van der Waals surface area (Å²) in [4.78, 5) is 23.5. The Morgan fingerprint density at radius 1 is 1.27 bits per heavy atom. The van der Waals surface area contributed by atoms with Crippen molar-refractivity contribution in [3.05, 3.63) is 29.8 Å². The van der Waals surface area contributed by atoms with Crippen LogP contribution in [-0.4, -0.2) is 29.7 Å². The number of amides is 2. The van der Waals surface area contributed by atoms with Crippen LogP contribution >= 0.6 is 0 Å². The number of carbonyl (C=O) groups excluding carboxylic acids is 2. The van der Waals surface area contributed by atoms with E-state index in [4.69, 9.17) is 0 Å². The molecule has 0 atom stereocenters. The quantitative estimate of drug-likeness (QED) is 0.569. The molecule has 0 unspecified atom stereocenters. The second-order valence-corrected chi connectivity index (χ2v) is 5.44. The molecule has 0 bridgehead atoms. The maximum Gasteiger partial charge on any atom is 0.259 e. The molecule has 0 heterocycles. The summed E-state index contributed by atoms with van der Waals surface area (Å²) in [5.41, 5.74) is 3.02. The van der Waals surface area contributed by atoms with Crippen molar-refractivity contribution in [1.82, 2.24) is 10.7 Å². The van der Waals surface area contributed by atoms with E-state index in [2.05, 4.69) is 15.8 Å². The average Bonchev–Trinajstić information content (AvgIpc) is 2.53. The van der Waals surface area contributed by atoms with Crippen molar-refractivity contribution in [3.63, 3.8) is 0 Å². The largest absolute Gasteiger partial charge is 0.508 e. The first-order chi connectivity index (χ1) is 10.6. The summed E-state index contributed by atoms with van der Waals surface area (Å²) in [6.07, 6.45) is 6.60. The van der Waals surface area contributed by atoms with Gasteiger partial charge in [0.2, 0.25) is 5.91 Å². The summed E-state index contributed by atoms with van der Waals surface area (Å²) >= 11 is 0. The number of hydrazone groups is 1. The molecule has 1 aliphatic rings. The van der Waals surface area contributed by atoms with Crippen LogP contribution in [0.4, 0.5) is 0 Å². The van der Waals surface area contributed by atoms with E-state index >= 15 is 0 Å². The third kappa shape index (κ3) is 5.20. The molecule has 1 saturated carbocycles. The summed E-state index contributed by atoms with van der Waals surface area (Å²) in [6, 6.07) is 6.51. The SMILES string of the molecule is O=C(CNC(=O)C1CCCCC1)N/N=C/c1cccc(O)c1. The number of nitrogens with one attached hydrogen (secondary N) is 2. The maximum atomic E-state index is 11.9. The zero-order chi connectivity index (χ0) is 15.8. The molecule has 0 saturated heterocycles. The fourth-order valence-corrected chi connectivity index (χ4v) is 2.50. The Morgan fingerprint density at radius 3 is 2.77 bits per heavy atom. The topological polar surface area (TPSA) is 90.8 Å². The molecule has 118 valence electrons. The van der Waals surface area contributed by atoms with E-state index in [1.807, 2.05) is 0 Å². The van der Waals surface area contributed by atoms with Gasteiger partial charge in [-0.05, 0) is 30.5 Å². The lowest BCUT2D eigenvalue weighted by molar-refractivity contribution is -0.129. The second kappa shape index (κ2) is 8.17. The molecule has 2 amide bonds. The fraction of sp³-hybridized carbons (Fsp3) is 0.438. The molecule has 1 aromatic rings. The Morgan fingerprint density at radius 2 is 2.05 bits per heavy atom. The van der Waals surface area contributed by atoms with Gasteiger partial charge in [-0.2, -0.15) is 5.10 Å². The summed E-state index contributed by atoms with van der Waals surface area (Å²) in [7, 11) is 0. The van der Waals surface area contributed by atoms with Crippen molar-refractivity contribution in [1.29, 1.82) is 0 Å². The second-order valence-electron chi connectivity index (χ2n) is 5.44. The molecule has 1 aliphatic carbocycles. The molecule has 1 fully saturated rings. The Balaban J connectivity index is 1.70. The van der Waals surface area contributed by atoms with E-state index in [1.165, 1.54) is 18.7 Å². The highest BCUT2D eigenvalue weighted by atomic mass is 16.3. The van der Waals surface area contributed by atoms with Crippen molar-refractivity contribution in [2.45, 2.75) is 32.1 Å². The highest BCUT2D eigenvalue weighted by Gasteiger charge is 2.21. The van der Waals surface area contributed by atoms with Crippen molar-refractivity contribution in [3.8, 4) is 5.75 Å². The lowest BCUT2D eigenvalue weighted by Gasteiger charge is -2.20. The molecule has 0 radical (unpaired) electrons. The predicted octanol–water partition coefficient (Wildman–Crippen LogP) is 1.54. The minimum Gasteiger partial charge on any atom is -0.508 e. The zero-order valence-electron chi connectivity index (χ0n) is 12.4. The number of phenolic OH excluding ortho intramolecular Hbond substituents is 1. The number of aromatic hydroxyl groups is 1. The first kappa shape index (κ1) is 16.0. The molecule has 6 heteroatoms. The standard InChI is InChI=1S/C16H21N3O3/c20-14-8-4-5-12(9-14)10-18-19-15(21)11-17-16(22)13-6-2-1-3-7-13/h4-5,8-10,13,20H,1-3,6-7,11H2,(H,17,22)(H,19,21)/b18-10+. The van der Waals surface area contributed by atoms with Crippen molar-refractivity contribution in [2.24, 2.45) is 11.0 Å². The highest BCUT2D eigenvalue weighted by molar-refractivity contribution is 5.87. The van der Waals surface area contributed by atoms with Gasteiger partial charge in [-0.25, -0.2) is 5.43 Å². The van der Waals surface area contributed by atoms with Crippen molar-refractivity contribution >= 4 is 18.0 Å². The smallest absolute Gasteiger partial charge is 0.259 e. The van der Waals surface area contributed by atoms with Crippen molar-refractivity contribution in [2.75, 3.05) is 6.54 Å². The monoisotopic (exact) mass is 303 g/mol. The van der Waals surface area contributed by atoms with Gasteiger partial charge in [0.15, 0.2) is 0 Å². The lowest BCUT2D eigenvalue weighted by Crippen LogP contribution is -2.38. The summed E-state index contributed by atoms with van der Waals surface area (Å²) in [5.74, 6) is -0.250. The van der Waals surface area contributed by atoms with Gasteiger partial charge in [0, 0.05) is 5.92 Å². The van der Waals surface area contributed by atoms with Crippen LogP contribution < -0.4 is 10.7 Å². The Kier molecular flexibility index (Phi) is 5.94. The molecular weight excluding hydrogens is 282 g/mol. The lowest BCUT2D eigenvalue weighted by atomic mass is 9.89. The van der Waals surface area contributed by atoms with Gasteiger partial charge >= 0.3 is 0 Å². The van der Waals surface area contributed by atoms with Gasteiger partial charge in [-0.3, -0.25) is 9.59 Å². The highest BCUT2D eigenvalue weighted by Crippen LogP contribution is 2.23. The first-order valence-corrected chi connectivity index (χ1v) is 7.54. The number of benzene rings is 1. The van der Waals surface area contributed by atoms with Gasteiger partial charge in [-0.1, -0.05) is 31.4 Å². The van der Waals surface area contributed by atoms with E-state index in [9.17, 15) is 14.7 Å². The molecule has 0 aromatic heterocycles. The van der Waals surface area contributed by atoms with Crippen LogP contribution in [-0.2, 0) is 9.59 Å². The van der Waals surface area contributed by atoms with Gasteiger partial charge < -0.3 is 10.4 Å². The van der Waals surface area contributed by atoms with Gasteiger partial charge in [0.25, 0.3) is 5.91 Å². The summed E-state index contributed by atoms with van der Waals surface area (Å²) in [6.45, 7) is -0.0767. The molecule has 22 heavy (non-hydrogen) atoms. The number of rotatable bonds is 5. The van der Waals surface area contributed by atoms with E-state index in [0.29, 0.717) is 5.56 Å². The van der Waals surface area contributed by atoms with Gasteiger partial charge in [0.05, 0.1) is 12.8 Å². The molecule has 1 aromatic carbocycles. The Bertz CT molecular complexity index is 551. The third-order valence-corrected chi connectivity index (χ3v) is 3.67. The van der Waals surface area contributed by atoms with Crippen LogP contribution in [0.3, 0.4) is 0 Å².